The van der Waals surface area contributed by atoms with Gasteiger partial charge < -0.3 is 15.1 Å². The van der Waals surface area contributed by atoms with Crippen LogP contribution in [0, 0.1) is 0 Å². The average Bonchev–Trinajstić information content (AvgIpc) is 2.77. The molecule has 1 saturated heterocycles. The molecule has 1 fully saturated rings. The van der Waals surface area contributed by atoms with Crippen molar-refractivity contribution in [3.05, 3.63) is 23.9 Å². The van der Waals surface area contributed by atoms with Gasteiger partial charge in [0.2, 0.25) is 0 Å². The van der Waals surface area contributed by atoms with E-state index < -0.39 is 0 Å². The van der Waals surface area contributed by atoms with Gasteiger partial charge in [-0.25, -0.2) is 4.98 Å². The Morgan fingerprint density at radius 2 is 2.33 bits per heavy atom. The Balaban J connectivity index is 2.20. The third-order valence-corrected chi connectivity index (χ3v) is 2.87. The quantitative estimate of drug-likeness (QED) is 0.761. The van der Waals surface area contributed by atoms with E-state index in [4.69, 9.17) is 5.11 Å². The summed E-state index contributed by atoms with van der Waals surface area (Å²) in [7, 11) is 0. The summed E-state index contributed by atoms with van der Waals surface area (Å²) in [5, 5.41) is 18.2. The van der Waals surface area contributed by atoms with Gasteiger partial charge in [-0.05, 0) is 30.5 Å². The van der Waals surface area contributed by atoms with Gasteiger partial charge in [-0.3, -0.25) is 0 Å². The minimum absolute atomic E-state index is 0.0349. The molecular formula is C11H16N2O2. The summed E-state index contributed by atoms with van der Waals surface area (Å²) in [6.07, 6.45) is 3.81. The van der Waals surface area contributed by atoms with Gasteiger partial charge in [0.1, 0.15) is 5.82 Å². The van der Waals surface area contributed by atoms with Crippen LogP contribution in [0.4, 0.5) is 5.82 Å². The number of hydrogen-bond acceptors (Lipinski definition) is 4. The first-order valence-corrected chi connectivity index (χ1v) is 5.28. The number of hydrogen-bond donors (Lipinski definition) is 2. The van der Waals surface area contributed by atoms with E-state index in [0.717, 1.165) is 30.8 Å². The van der Waals surface area contributed by atoms with E-state index in [1.165, 1.54) is 0 Å². The molecule has 2 rings (SSSR count). The Morgan fingerprint density at radius 1 is 1.47 bits per heavy atom. The smallest absolute Gasteiger partial charge is 0.129 e. The molecule has 2 N–H and O–H groups in total. The summed E-state index contributed by atoms with van der Waals surface area (Å²) in [5.41, 5.74) is 0.864. The summed E-state index contributed by atoms with van der Waals surface area (Å²) in [5.74, 6) is 0.859. The molecule has 1 aromatic rings. The minimum atomic E-state index is 0.0349. The van der Waals surface area contributed by atoms with Crippen molar-refractivity contribution in [2.45, 2.75) is 25.5 Å². The van der Waals surface area contributed by atoms with Crippen LogP contribution in [0.1, 0.15) is 18.4 Å². The van der Waals surface area contributed by atoms with E-state index in [9.17, 15) is 5.11 Å². The van der Waals surface area contributed by atoms with Crippen molar-refractivity contribution >= 4 is 5.82 Å². The Morgan fingerprint density at radius 3 is 3.07 bits per heavy atom. The first-order valence-electron chi connectivity index (χ1n) is 5.28. The van der Waals surface area contributed by atoms with Crippen molar-refractivity contribution in [1.29, 1.82) is 0 Å². The molecule has 0 bridgehead atoms. The lowest BCUT2D eigenvalue weighted by Crippen LogP contribution is -2.32. The van der Waals surface area contributed by atoms with Crippen molar-refractivity contribution in [2.75, 3.05) is 18.1 Å². The second-order valence-corrected chi connectivity index (χ2v) is 3.85. The van der Waals surface area contributed by atoms with Crippen LogP contribution < -0.4 is 4.90 Å². The highest BCUT2D eigenvalue weighted by Gasteiger charge is 2.24. The van der Waals surface area contributed by atoms with Crippen molar-refractivity contribution in [1.82, 2.24) is 4.98 Å². The SMILES string of the molecule is OCc1ccnc(N2CCCC2CO)c1. The van der Waals surface area contributed by atoms with Crippen LogP contribution in [0.2, 0.25) is 0 Å². The molecule has 15 heavy (non-hydrogen) atoms. The van der Waals surface area contributed by atoms with E-state index >= 15 is 0 Å². The van der Waals surface area contributed by atoms with Gasteiger partial charge in [0.05, 0.1) is 19.3 Å². The Bertz CT molecular complexity index is 330. The van der Waals surface area contributed by atoms with Crippen molar-refractivity contribution in [3.63, 3.8) is 0 Å². The van der Waals surface area contributed by atoms with Crippen LogP contribution in [0.5, 0.6) is 0 Å². The van der Waals surface area contributed by atoms with Gasteiger partial charge in [-0.15, -0.1) is 0 Å². The Labute approximate surface area is 89.2 Å². The molecule has 1 aromatic heterocycles. The largest absolute Gasteiger partial charge is 0.394 e. The van der Waals surface area contributed by atoms with Crippen molar-refractivity contribution in [3.8, 4) is 0 Å². The fourth-order valence-corrected chi connectivity index (χ4v) is 2.04. The third-order valence-electron chi connectivity index (χ3n) is 2.87. The fourth-order valence-electron chi connectivity index (χ4n) is 2.04. The minimum Gasteiger partial charge on any atom is -0.394 e. The van der Waals surface area contributed by atoms with Gasteiger partial charge in [0.15, 0.2) is 0 Å². The van der Waals surface area contributed by atoms with Crippen LogP contribution in [-0.4, -0.2) is 34.4 Å². The summed E-state index contributed by atoms with van der Waals surface area (Å²) < 4.78 is 0. The highest BCUT2D eigenvalue weighted by atomic mass is 16.3. The molecule has 0 aliphatic carbocycles. The molecule has 4 heteroatoms. The zero-order chi connectivity index (χ0) is 10.7. The number of nitrogens with zero attached hydrogens (tertiary/aromatic N) is 2. The zero-order valence-corrected chi connectivity index (χ0v) is 8.63. The van der Waals surface area contributed by atoms with Gasteiger partial charge in [0.25, 0.3) is 0 Å². The predicted octanol–water partition coefficient (Wildman–Crippen LogP) is 0.535. The number of aliphatic hydroxyl groups is 2. The monoisotopic (exact) mass is 208 g/mol. The van der Waals surface area contributed by atoms with E-state index in [1.807, 2.05) is 6.07 Å². The molecule has 0 saturated carbocycles. The van der Waals surface area contributed by atoms with E-state index in [2.05, 4.69) is 9.88 Å². The molecule has 82 valence electrons. The van der Waals surface area contributed by atoms with Crippen LogP contribution in [0.25, 0.3) is 0 Å². The molecular weight excluding hydrogens is 192 g/mol. The Kier molecular flexibility index (Phi) is 3.18. The van der Waals surface area contributed by atoms with Crippen LogP contribution in [0.15, 0.2) is 18.3 Å². The summed E-state index contributed by atoms with van der Waals surface area (Å²) >= 11 is 0. The number of aromatic nitrogens is 1. The number of rotatable bonds is 3. The second kappa shape index (κ2) is 4.59. The lowest BCUT2D eigenvalue weighted by Gasteiger charge is -2.24. The molecule has 1 atom stereocenters. The summed E-state index contributed by atoms with van der Waals surface area (Å²) in [6, 6.07) is 3.87. The lowest BCUT2D eigenvalue weighted by molar-refractivity contribution is 0.266. The number of anilines is 1. The van der Waals surface area contributed by atoms with Gasteiger partial charge in [-0.1, -0.05) is 0 Å². The topological polar surface area (TPSA) is 56.6 Å². The van der Waals surface area contributed by atoms with Gasteiger partial charge in [-0.2, -0.15) is 0 Å². The Hall–Kier alpha value is -1.13. The number of pyridine rings is 1. The summed E-state index contributed by atoms with van der Waals surface area (Å²) in [6.45, 7) is 1.14. The molecule has 2 heterocycles. The standard InChI is InChI=1S/C11H16N2O2/c14-7-9-3-4-12-11(6-9)13-5-1-2-10(13)8-15/h3-4,6,10,14-15H,1-2,5,7-8H2. The highest BCUT2D eigenvalue weighted by molar-refractivity contribution is 5.43. The van der Waals surface area contributed by atoms with E-state index in [-0.39, 0.29) is 19.3 Å². The first kappa shape index (κ1) is 10.4. The molecule has 0 radical (unpaired) electrons. The zero-order valence-electron chi connectivity index (χ0n) is 8.63. The summed E-state index contributed by atoms with van der Waals surface area (Å²) in [4.78, 5) is 6.38. The second-order valence-electron chi connectivity index (χ2n) is 3.85. The lowest BCUT2D eigenvalue weighted by atomic mass is 10.2. The maximum atomic E-state index is 9.21. The van der Waals surface area contributed by atoms with Gasteiger partial charge in [0, 0.05) is 12.7 Å². The fraction of sp³-hybridized carbons (Fsp3) is 0.545. The van der Waals surface area contributed by atoms with Crippen molar-refractivity contribution < 1.29 is 10.2 Å². The van der Waals surface area contributed by atoms with Gasteiger partial charge >= 0.3 is 0 Å². The molecule has 1 aliphatic heterocycles. The van der Waals surface area contributed by atoms with E-state index in [0.29, 0.717) is 0 Å². The van der Waals surface area contributed by atoms with Crippen LogP contribution >= 0.6 is 0 Å². The third kappa shape index (κ3) is 2.11. The first-order chi connectivity index (χ1) is 7.35. The maximum absolute atomic E-state index is 9.21. The molecule has 1 unspecified atom stereocenters. The maximum Gasteiger partial charge on any atom is 0.129 e. The number of aliphatic hydroxyl groups excluding tert-OH is 2. The van der Waals surface area contributed by atoms with Crippen LogP contribution in [-0.2, 0) is 6.61 Å². The van der Waals surface area contributed by atoms with Crippen LogP contribution in [0.3, 0.4) is 0 Å². The van der Waals surface area contributed by atoms with Crippen molar-refractivity contribution in [2.24, 2.45) is 0 Å². The predicted molar refractivity (Wildman–Crippen MR) is 57.6 cm³/mol. The molecule has 1 aliphatic rings. The molecule has 0 amide bonds. The van der Waals surface area contributed by atoms with E-state index in [1.54, 1.807) is 12.3 Å². The normalized spacial score (nSPS) is 20.9. The molecule has 0 spiro atoms. The molecule has 4 nitrogen and oxygen atoms in total. The molecule has 0 aromatic carbocycles. The average molecular weight is 208 g/mol. The highest BCUT2D eigenvalue weighted by Crippen LogP contribution is 2.23.